The van der Waals surface area contributed by atoms with Gasteiger partial charge in [0.2, 0.25) is 0 Å². The number of carboxylic acid groups (broad SMARTS) is 4. The molecule has 5 aromatic rings. The lowest BCUT2D eigenvalue weighted by Gasteiger charge is -2.07. The SMILES string of the molecule is N[C@H](Cc1cc(-c2ccc(C(=O)O)s2)sc1-c1ccc(-c2sc(-c3ccc(C(=O)O)s3)cc2C[C@H](N)C(=O)O)s1)C(=O)O. The molecule has 43 heavy (non-hydrogen) atoms. The molecule has 0 bridgehead atoms. The third-order valence-electron chi connectivity index (χ3n) is 6.30. The van der Waals surface area contributed by atoms with Crippen molar-refractivity contribution < 1.29 is 39.6 Å². The van der Waals surface area contributed by atoms with E-state index in [2.05, 4.69) is 0 Å². The molecule has 8 N–H and O–H groups in total. The van der Waals surface area contributed by atoms with E-state index in [1.54, 1.807) is 12.1 Å². The second-order valence-electron chi connectivity index (χ2n) is 9.33. The largest absolute Gasteiger partial charge is 0.480 e. The van der Waals surface area contributed by atoms with Gasteiger partial charge in [-0.2, -0.15) is 0 Å². The molecule has 0 saturated heterocycles. The highest BCUT2D eigenvalue weighted by atomic mass is 32.1. The summed E-state index contributed by atoms with van der Waals surface area (Å²) in [6.45, 7) is 0. The van der Waals surface area contributed by atoms with Crippen molar-refractivity contribution in [1.82, 2.24) is 0 Å². The fourth-order valence-corrected chi connectivity index (χ4v) is 9.75. The second-order valence-corrected chi connectivity index (χ2v) is 14.7. The van der Waals surface area contributed by atoms with Gasteiger partial charge in [-0.1, -0.05) is 0 Å². The molecule has 5 heterocycles. The number of carbonyl (C=O) groups is 4. The molecule has 222 valence electrons. The molecule has 0 aliphatic rings. The van der Waals surface area contributed by atoms with Crippen molar-refractivity contribution >= 4 is 80.6 Å². The average Bonchev–Trinajstić information content (AvgIpc) is 3.76. The normalized spacial score (nSPS) is 12.7. The van der Waals surface area contributed by atoms with Gasteiger partial charge >= 0.3 is 23.9 Å². The van der Waals surface area contributed by atoms with Crippen molar-refractivity contribution in [1.29, 1.82) is 0 Å². The first-order valence-corrected chi connectivity index (χ1v) is 16.5. The number of aromatic carboxylic acids is 2. The van der Waals surface area contributed by atoms with Gasteiger partial charge in [-0.3, -0.25) is 9.59 Å². The van der Waals surface area contributed by atoms with Crippen LogP contribution >= 0.6 is 56.7 Å². The van der Waals surface area contributed by atoms with Crippen LogP contribution in [0.3, 0.4) is 0 Å². The minimum atomic E-state index is -1.14. The topological polar surface area (TPSA) is 201 Å². The fourth-order valence-electron chi connectivity index (χ4n) is 4.22. The van der Waals surface area contributed by atoms with Crippen LogP contribution in [-0.2, 0) is 22.4 Å². The Morgan fingerprint density at radius 2 is 0.907 bits per heavy atom. The van der Waals surface area contributed by atoms with E-state index in [-0.39, 0.29) is 22.6 Å². The Morgan fingerprint density at radius 1 is 0.535 bits per heavy atom. The summed E-state index contributed by atoms with van der Waals surface area (Å²) >= 11 is 6.51. The van der Waals surface area contributed by atoms with Gasteiger partial charge in [0.25, 0.3) is 0 Å². The molecule has 0 amide bonds. The lowest BCUT2D eigenvalue weighted by Crippen LogP contribution is -2.32. The third kappa shape index (κ3) is 6.62. The molecule has 15 heteroatoms. The van der Waals surface area contributed by atoms with Crippen molar-refractivity contribution in [2.75, 3.05) is 0 Å². The van der Waals surface area contributed by atoms with Crippen LogP contribution in [0.2, 0.25) is 0 Å². The van der Waals surface area contributed by atoms with Gasteiger partial charge in [-0.25, -0.2) is 9.59 Å². The van der Waals surface area contributed by atoms with E-state index >= 15 is 0 Å². The van der Waals surface area contributed by atoms with Crippen LogP contribution in [0.25, 0.3) is 39.0 Å². The van der Waals surface area contributed by atoms with E-state index in [1.807, 2.05) is 24.3 Å². The first-order valence-electron chi connectivity index (χ1n) is 12.4. The molecule has 0 fully saturated rings. The highest BCUT2D eigenvalue weighted by Crippen LogP contribution is 2.48. The summed E-state index contributed by atoms with van der Waals surface area (Å²) in [4.78, 5) is 52.7. The molecule has 0 spiro atoms. The Labute approximate surface area is 263 Å². The van der Waals surface area contributed by atoms with Crippen LogP contribution in [0.1, 0.15) is 30.5 Å². The number of carboxylic acids is 4. The van der Waals surface area contributed by atoms with Gasteiger partial charge in [0.05, 0.1) is 0 Å². The molecule has 0 unspecified atom stereocenters. The number of rotatable bonds is 12. The number of hydrogen-bond donors (Lipinski definition) is 6. The smallest absolute Gasteiger partial charge is 0.345 e. The molecule has 5 aromatic heterocycles. The number of nitrogens with two attached hydrogens (primary N) is 2. The Bertz CT molecular complexity index is 1730. The molecule has 2 atom stereocenters. The van der Waals surface area contributed by atoms with Gasteiger partial charge in [0.1, 0.15) is 21.8 Å². The average molecular weight is 675 g/mol. The van der Waals surface area contributed by atoms with E-state index in [0.717, 1.165) is 61.7 Å². The molecule has 5 rings (SSSR count). The van der Waals surface area contributed by atoms with E-state index in [0.29, 0.717) is 11.1 Å². The van der Waals surface area contributed by atoms with Crippen LogP contribution in [-0.4, -0.2) is 56.4 Å². The maximum Gasteiger partial charge on any atom is 0.345 e. The maximum atomic E-state index is 11.6. The molecule has 10 nitrogen and oxygen atoms in total. The van der Waals surface area contributed by atoms with Crippen LogP contribution in [0.5, 0.6) is 0 Å². The number of thiophene rings is 5. The number of hydrogen-bond acceptors (Lipinski definition) is 11. The predicted octanol–water partition coefficient (Wildman–Crippen LogP) is 5.97. The zero-order valence-electron chi connectivity index (χ0n) is 21.8. The summed E-state index contributed by atoms with van der Waals surface area (Å²) in [5.74, 6) is -4.33. The zero-order valence-corrected chi connectivity index (χ0v) is 25.9. The third-order valence-corrected chi connectivity index (χ3v) is 12.6. The Morgan fingerprint density at radius 3 is 1.23 bits per heavy atom. The summed E-state index contributed by atoms with van der Waals surface area (Å²) in [5, 5.41) is 37.6. The van der Waals surface area contributed by atoms with Crippen LogP contribution < -0.4 is 11.5 Å². The second kappa shape index (κ2) is 12.5. The molecular formula is C28H22N2O8S5. The first-order chi connectivity index (χ1) is 20.4. The lowest BCUT2D eigenvalue weighted by atomic mass is 10.1. The Kier molecular flexibility index (Phi) is 8.94. The van der Waals surface area contributed by atoms with E-state index < -0.39 is 36.0 Å². The Hall–Kier alpha value is -3.70. The van der Waals surface area contributed by atoms with E-state index in [4.69, 9.17) is 11.5 Å². The molecule has 0 aliphatic carbocycles. The quantitative estimate of drug-likeness (QED) is 0.0916. The van der Waals surface area contributed by atoms with Crippen molar-refractivity contribution in [2.24, 2.45) is 11.5 Å². The van der Waals surface area contributed by atoms with Gasteiger partial charge in [-0.05, 0) is 72.5 Å². The molecule has 0 saturated carbocycles. The van der Waals surface area contributed by atoms with Crippen LogP contribution in [0.4, 0.5) is 0 Å². The van der Waals surface area contributed by atoms with Gasteiger partial charge in [-0.15, -0.1) is 56.7 Å². The van der Waals surface area contributed by atoms with Crippen molar-refractivity contribution in [3.63, 3.8) is 0 Å². The fraction of sp³-hybridized carbons (Fsp3) is 0.143. The lowest BCUT2D eigenvalue weighted by molar-refractivity contribution is -0.139. The minimum absolute atomic E-state index is 0.0672. The molecule has 0 aromatic carbocycles. The van der Waals surface area contributed by atoms with Crippen LogP contribution in [0.15, 0.2) is 48.5 Å². The standard InChI is InChI=1S/C28H22N2O8S5/c29-13(25(31)32)7-11-9-21(15-1-5-19(39-15)27(35)36)42-23(11)17-3-4-18(41-17)24-12(8-14(30)26(33)34)10-22(43-24)16-2-6-20(40-16)28(37)38/h1-6,9-10,13-14H,7-8,29-30H2,(H,31,32)(H,33,34)(H,35,36)(H,37,38)/t13-,14+. The van der Waals surface area contributed by atoms with Crippen molar-refractivity contribution in [3.05, 3.63) is 69.4 Å². The summed E-state index contributed by atoms with van der Waals surface area (Å²) in [6, 6.07) is 11.7. The maximum absolute atomic E-state index is 11.6. The summed E-state index contributed by atoms with van der Waals surface area (Å²) in [5.41, 5.74) is 13.2. The highest BCUT2D eigenvalue weighted by Gasteiger charge is 2.24. The van der Waals surface area contributed by atoms with Gasteiger partial charge < -0.3 is 31.9 Å². The van der Waals surface area contributed by atoms with Crippen LogP contribution in [0, 0.1) is 0 Å². The molecule has 0 radical (unpaired) electrons. The highest BCUT2D eigenvalue weighted by molar-refractivity contribution is 7.30. The molecule has 0 aliphatic heterocycles. The molecular weight excluding hydrogens is 653 g/mol. The number of aliphatic carboxylic acids is 2. The summed E-state index contributed by atoms with van der Waals surface area (Å²) < 4.78 is 0. The Balaban J connectivity index is 1.56. The zero-order chi connectivity index (χ0) is 31.0. The first kappa shape index (κ1) is 30.7. The summed E-state index contributed by atoms with van der Waals surface area (Å²) in [7, 11) is 0. The van der Waals surface area contributed by atoms with Gasteiger partial charge in [0.15, 0.2) is 0 Å². The van der Waals surface area contributed by atoms with E-state index in [9.17, 15) is 39.6 Å². The monoisotopic (exact) mass is 674 g/mol. The van der Waals surface area contributed by atoms with Crippen molar-refractivity contribution in [2.45, 2.75) is 24.9 Å². The summed E-state index contributed by atoms with van der Waals surface area (Å²) in [6.07, 6.45) is 0.134. The minimum Gasteiger partial charge on any atom is -0.480 e. The predicted molar refractivity (Wildman–Crippen MR) is 170 cm³/mol. The van der Waals surface area contributed by atoms with Gasteiger partial charge in [0, 0.05) is 39.0 Å². The van der Waals surface area contributed by atoms with Crippen molar-refractivity contribution in [3.8, 4) is 39.0 Å². The van der Waals surface area contributed by atoms with E-state index in [1.165, 1.54) is 46.1 Å².